The summed E-state index contributed by atoms with van der Waals surface area (Å²) < 4.78 is 6.12. The number of rotatable bonds is 5. The van der Waals surface area contributed by atoms with Gasteiger partial charge < -0.3 is 9.64 Å². The van der Waals surface area contributed by atoms with Crippen LogP contribution in [0.5, 0.6) is 0 Å². The number of hydrogen-bond donors (Lipinski definition) is 0. The first-order valence-corrected chi connectivity index (χ1v) is 7.59. The highest BCUT2D eigenvalue weighted by atomic mass is 79.9. The molecule has 6 nitrogen and oxygen atoms in total. The zero-order chi connectivity index (χ0) is 14.1. The molecule has 20 heavy (non-hydrogen) atoms. The van der Waals surface area contributed by atoms with Crippen molar-refractivity contribution in [3.8, 4) is 0 Å². The summed E-state index contributed by atoms with van der Waals surface area (Å²) in [6, 6.07) is 2.05. The number of anilines is 1. The molecular weight excluding hydrogens is 326 g/mol. The molecule has 1 unspecified atom stereocenters. The van der Waals surface area contributed by atoms with E-state index in [4.69, 9.17) is 4.74 Å². The molecule has 3 rings (SSSR count). The van der Waals surface area contributed by atoms with Gasteiger partial charge in [0.25, 0.3) is 5.69 Å². The maximum absolute atomic E-state index is 10.8. The predicted octanol–water partition coefficient (Wildman–Crippen LogP) is 2.76. The van der Waals surface area contributed by atoms with Gasteiger partial charge in [-0.15, -0.1) is 0 Å². The van der Waals surface area contributed by atoms with E-state index in [1.807, 2.05) is 0 Å². The van der Waals surface area contributed by atoms with Crippen LogP contribution in [0.15, 0.2) is 16.7 Å². The minimum absolute atomic E-state index is 0.0144. The first-order valence-electron chi connectivity index (χ1n) is 6.79. The highest BCUT2D eigenvalue weighted by molar-refractivity contribution is 9.10. The third-order valence-electron chi connectivity index (χ3n) is 3.76. The maximum Gasteiger partial charge on any atom is 0.288 e. The molecule has 108 valence electrons. The molecule has 0 N–H and O–H groups in total. The second kappa shape index (κ2) is 5.65. The van der Waals surface area contributed by atoms with Gasteiger partial charge in [0.15, 0.2) is 0 Å². The Kier molecular flexibility index (Phi) is 3.89. The van der Waals surface area contributed by atoms with Crippen LogP contribution in [0.1, 0.15) is 19.3 Å². The lowest BCUT2D eigenvalue weighted by Crippen LogP contribution is -2.32. The van der Waals surface area contributed by atoms with Crippen LogP contribution in [-0.4, -0.2) is 35.7 Å². The van der Waals surface area contributed by atoms with E-state index in [-0.39, 0.29) is 5.69 Å². The number of pyridine rings is 1. The Bertz CT molecular complexity index is 516. The van der Waals surface area contributed by atoms with Gasteiger partial charge in [0.2, 0.25) is 0 Å². The molecule has 1 saturated heterocycles. The van der Waals surface area contributed by atoms with Gasteiger partial charge in [0.05, 0.1) is 16.0 Å². The monoisotopic (exact) mass is 341 g/mol. The van der Waals surface area contributed by atoms with Crippen molar-refractivity contribution in [2.24, 2.45) is 5.92 Å². The van der Waals surface area contributed by atoms with Crippen molar-refractivity contribution >= 4 is 27.4 Å². The molecule has 1 aliphatic carbocycles. The van der Waals surface area contributed by atoms with E-state index < -0.39 is 4.92 Å². The van der Waals surface area contributed by atoms with Gasteiger partial charge in [-0.1, -0.05) is 0 Å². The Balaban J connectivity index is 1.81. The molecule has 2 heterocycles. The van der Waals surface area contributed by atoms with Crippen molar-refractivity contribution in [1.82, 2.24) is 4.98 Å². The third kappa shape index (κ3) is 2.93. The zero-order valence-electron chi connectivity index (χ0n) is 11.0. The number of aromatic nitrogens is 1. The summed E-state index contributed by atoms with van der Waals surface area (Å²) >= 11 is 3.42. The van der Waals surface area contributed by atoms with Gasteiger partial charge in [-0.2, -0.15) is 0 Å². The van der Waals surface area contributed by atoms with Crippen LogP contribution < -0.4 is 4.90 Å². The lowest BCUT2D eigenvalue weighted by molar-refractivity contribution is -0.385. The van der Waals surface area contributed by atoms with Crippen molar-refractivity contribution in [1.29, 1.82) is 0 Å². The molecule has 0 radical (unpaired) electrons. The summed E-state index contributed by atoms with van der Waals surface area (Å²) in [5.41, 5.74) is 0.0144. The zero-order valence-corrected chi connectivity index (χ0v) is 12.6. The topological polar surface area (TPSA) is 68.5 Å². The quantitative estimate of drug-likeness (QED) is 0.608. The van der Waals surface area contributed by atoms with Crippen LogP contribution >= 0.6 is 15.9 Å². The average Bonchev–Trinajstić information content (AvgIpc) is 3.14. The average molecular weight is 342 g/mol. The summed E-state index contributed by atoms with van der Waals surface area (Å²) in [7, 11) is 0. The molecule has 1 atom stereocenters. The van der Waals surface area contributed by atoms with Gasteiger partial charge in [-0.05, 0) is 35.2 Å². The van der Waals surface area contributed by atoms with Crippen LogP contribution in [0, 0.1) is 16.0 Å². The standard InChI is InChI=1S/C13H16BrN3O3/c14-12-5-11(17(18)19)6-15-13(12)16(10-1-2-10)7-9-3-4-20-8-9/h5-6,9-10H,1-4,7-8H2. The SMILES string of the molecule is O=[N+]([O-])c1cnc(N(CC2CCOC2)C2CC2)c(Br)c1. The summed E-state index contributed by atoms with van der Waals surface area (Å²) in [6.07, 6.45) is 4.74. The number of nitro groups is 1. The molecule has 7 heteroatoms. The van der Waals surface area contributed by atoms with Crippen molar-refractivity contribution in [3.63, 3.8) is 0 Å². The van der Waals surface area contributed by atoms with Gasteiger partial charge in [-0.3, -0.25) is 10.1 Å². The number of ether oxygens (including phenoxy) is 1. The van der Waals surface area contributed by atoms with Crippen LogP contribution in [0.3, 0.4) is 0 Å². The van der Waals surface area contributed by atoms with Crippen LogP contribution in [0.25, 0.3) is 0 Å². The first-order chi connectivity index (χ1) is 9.65. The highest BCUT2D eigenvalue weighted by Gasteiger charge is 2.33. The van der Waals surface area contributed by atoms with E-state index in [9.17, 15) is 10.1 Å². The van der Waals surface area contributed by atoms with Crippen LogP contribution in [-0.2, 0) is 4.74 Å². The van der Waals surface area contributed by atoms with Crippen molar-refractivity contribution in [2.75, 3.05) is 24.7 Å². The molecule has 0 spiro atoms. The van der Waals surface area contributed by atoms with E-state index in [0.29, 0.717) is 16.4 Å². The molecule has 2 aliphatic rings. The minimum atomic E-state index is -0.423. The molecule has 1 aromatic heterocycles. The summed E-state index contributed by atoms with van der Waals surface area (Å²) in [5.74, 6) is 1.34. The van der Waals surface area contributed by atoms with E-state index in [1.165, 1.54) is 25.1 Å². The maximum atomic E-state index is 10.8. The predicted molar refractivity (Wildman–Crippen MR) is 77.9 cm³/mol. The fourth-order valence-corrected chi connectivity index (χ4v) is 3.10. The fourth-order valence-electron chi connectivity index (χ4n) is 2.53. The molecule has 1 aromatic rings. The first kappa shape index (κ1) is 13.8. The van der Waals surface area contributed by atoms with Gasteiger partial charge >= 0.3 is 0 Å². The molecule has 2 fully saturated rings. The van der Waals surface area contributed by atoms with Crippen molar-refractivity contribution in [2.45, 2.75) is 25.3 Å². The third-order valence-corrected chi connectivity index (χ3v) is 4.34. The second-order valence-electron chi connectivity index (χ2n) is 5.37. The van der Waals surface area contributed by atoms with Gasteiger partial charge in [0, 0.05) is 31.2 Å². The molecule has 0 bridgehead atoms. The largest absolute Gasteiger partial charge is 0.381 e. The second-order valence-corrected chi connectivity index (χ2v) is 6.22. The number of halogens is 1. The van der Waals surface area contributed by atoms with E-state index in [0.717, 1.165) is 32.0 Å². The van der Waals surface area contributed by atoms with Crippen molar-refractivity contribution in [3.05, 3.63) is 26.9 Å². The number of hydrogen-bond acceptors (Lipinski definition) is 5. The molecule has 0 aromatic carbocycles. The van der Waals surface area contributed by atoms with Crippen LogP contribution in [0.4, 0.5) is 11.5 Å². The highest BCUT2D eigenvalue weighted by Crippen LogP contribution is 2.36. The normalized spacial score (nSPS) is 21.9. The van der Waals surface area contributed by atoms with E-state index >= 15 is 0 Å². The molecule has 0 amide bonds. The lowest BCUT2D eigenvalue weighted by Gasteiger charge is -2.26. The Morgan fingerprint density at radius 3 is 2.85 bits per heavy atom. The lowest BCUT2D eigenvalue weighted by atomic mass is 10.1. The van der Waals surface area contributed by atoms with E-state index in [1.54, 1.807) is 0 Å². The number of nitrogens with zero attached hydrogens (tertiary/aromatic N) is 3. The fraction of sp³-hybridized carbons (Fsp3) is 0.615. The van der Waals surface area contributed by atoms with Crippen molar-refractivity contribution < 1.29 is 9.66 Å². The Labute approximate surface area is 125 Å². The molecular formula is C13H16BrN3O3. The Hall–Kier alpha value is -1.21. The summed E-state index contributed by atoms with van der Waals surface area (Å²) in [6.45, 7) is 2.54. The molecule has 1 aliphatic heterocycles. The Morgan fingerprint density at radius 1 is 1.50 bits per heavy atom. The van der Waals surface area contributed by atoms with Gasteiger partial charge in [0.1, 0.15) is 12.0 Å². The van der Waals surface area contributed by atoms with E-state index in [2.05, 4.69) is 25.8 Å². The summed E-state index contributed by atoms with van der Waals surface area (Å²) in [4.78, 5) is 16.9. The summed E-state index contributed by atoms with van der Waals surface area (Å²) in [5, 5.41) is 10.8. The minimum Gasteiger partial charge on any atom is -0.381 e. The van der Waals surface area contributed by atoms with Gasteiger partial charge in [-0.25, -0.2) is 4.98 Å². The van der Waals surface area contributed by atoms with Crippen LogP contribution in [0.2, 0.25) is 0 Å². The smallest absolute Gasteiger partial charge is 0.288 e. The molecule has 1 saturated carbocycles. The Morgan fingerprint density at radius 2 is 2.30 bits per heavy atom.